The van der Waals surface area contributed by atoms with Crippen molar-refractivity contribution in [2.75, 3.05) is 6.54 Å². The number of rotatable bonds is 6. The molecule has 1 N–H and O–H groups in total. The fourth-order valence-electron chi connectivity index (χ4n) is 2.90. The summed E-state index contributed by atoms with van der Waals surface area (Å²) in [5.41, 5.74) is 5.07. The first-order valence-electron chi connectivity index (χ1n) is 8.04. The van der Waals surface area contributed by atoms with E-state index in [0.29, 0.717) is 0 Å². The van der Waals surface area contributed by atoms with Crippen molar-refractivity contribution in [3.05, 3.63) is 47.3 Å². The topological polar surface area (TPSA) is 42.7 Å². The molecule has 2 heterocycles. The van der Waals surface area contributed by atoms with Crippen molar-refractivity contribution in [2.45, 2.75) is 52.1 Å². The summed E-state index contributed by atoms with van der Waals surface area (Å²) in [5.74, 6) is 0. The summed E-state index contributed by atoms with van der Waals surface area (Å²) in [6.07, 6.45) is 10.00. The molecule has 2 aromatic rings. The number of fused-ring (bicyclic) bond motifs is 1. The first kappa shape index (κ1) is 14.3. The standard InChI is InChI=1S/C17H24N4/c1-2-9-18-10-14-7-8-15(19-11-14)12-21-13-20-16-5-3-4-6-17(16)21/h7-8,11,13,18H,2-6,9-10,12H2,1H3. The van der Waals surface area contributed by atoms with Crippen LogP contribution in [0, 0.1) is 0 Å². The maximum absolute atomic E-state index is 4.59. The molecule has 4 heteroatoms. The minimum atomic E-state index is 0.838. The smallest absolute Gasteiger partial charge is 0.0955 e. The highest BCUT2D eigenvalue weighted by Gasteiger charge is 2.15. The lowest BCUT2D eigenvalue weighted by Crippen LogP contribution is -2.14. The molecule has 4 nitrogen and oxygen atoms in total. The third kappa shape index (κ3) is 3.50. The predicted octanol–water partition coefficient (Wildman–Crippen LogP) is 2.70. The fraction of sp³-hybridized carbons (Fsp3) is 0.529. The maximum Gasteiger partial charge on any atom is 0.0955 e. The largest absolute Gasteiger partial charge is 0.328 e. The van der Waals surface area contributed by atoms with Crippen molar-refractivity contribution in [1.82, 2.24) is 19.9 Å². The third-order valence-electron chi connectivity index (χ3n) is 4.08. The van der Waals surface area contributed by atoms with E-state index in [4.69, 9.17) is 0 Å². The van der Waals surface area contributed by atoms with Gasteiger partial charge in [-0.05, 0) is 50.3 Å². The van der Waals surface area contributed by atoms with Gasteiger partial charge in [-0.2, -0.15) is 0 Å². The van der Waals surface area contributed by atoms with Gasteiger partial charge in [0.05, 0.1) is 24.3 Å². The van der Waals surface area contributed by atoms with E-state index in [1.54, 1.807) is 0 Å². The number of hydrogen-bond acceptors (Lipinski definition) is 3. The molecule has 0 saturated carbocycles. The van der Waals surface area contributed by atoms with Crippen LogP contribution in [0.1, 0.15) is 48.8 Å². The van der Waals surface area contributed by atoms with Crippen LogP contribution in [0.3, 0.4) is 0 Å². The number of aryl methyl sites for hydroxylation is 1. The van der Waals surface area contributed by atoms with E-state index in [0.717, 1.165) is 44.6 Å². The van der Waals surface area contributed by atoms with Gasteiger partial charge >= 0.3 is 0 Å². The molecule has 21 heavy (non-hydrogen) atoms. The molecule has 0 amide bonds. The molecule has 0 radical (unpaired) electrons. The Labute approximate surface area is 126 Å². The van der Waals surface area contributed by atoms with Crippen LogP contribution in [0.25, 0.3) is 0 Å². The minimum Gasteiger partial charge on any atom is -0.328 e. The lowest BCUT2D eigenvalue weighted by atomic mass is 10.0. The lowest BCUT2D eigenvalue weighted by Gasteiger charge is -2.13. The zero-order valence-corrected chi connectivity index (χ0v) is 12.8. The highest BCUT2D eigenvalue weighted by molar-refractivity contribution is 5.19. The zero-order chi connectivity index (χ0) is 14.5. The Morgan fingerprint density at radius 2 is 2.10 bits per heavy atom. The highest BCUT2D eigenvalue weighted by atomic mass is 15.1. The number of hydrogen-bond donors (Lipinski definition) is 1. The van der Waals surface area contributed by atoms with E-state index in [-0.39, 0.29) is 0 Å². The number of aromatic nitrogens is 3. The second-order valence-corrected chi connectivity index (χ2v) is 5.81. The van der Waals surface area contributed by atoms with Crippen molar-refractivity contribution in [3.63, 3.8) is 0 Å². The summed E-state index contributed by atoms with van der Waals surface area (Å²) in [6.45, 7) is 4.98. The summed E-state index contributed by atoms with van der Waals surface area (Å²) in [7, 11) is 0. The first-order chi connectivity index (χ1) is 10.4. The Bertz CT molecular complexity index is 571. The van der Waals surface area contributed by atoms with Crippen molar-refractivity contribution in [2.24, 2.45) is 0 Å². The van der Waals surface area contributed by atoms with Crippen LogP contribution in [0.5, 0.6) is 0 Å². The van der Waals surface area contributed by atoms with E-state index >= 15 is 0 Å². The summed E-state index contributed by atoms with van der Waals surface area (Å²) < 4.78 is 2.27. The van der Waals surface area contributed by atoms with Gasteiger partial charge in [0.1, 0.15) is 0 Å². The van der Waals surface area contributed by atoms with Crippen LogP contribution in [-0.2, 0) is 25.9 Å². The van der Waals surface area contributed by atoms with Crippen LogP contribution in [-0.4, -0.2) is 21.1 Å². The van der Waals surface area contributed by atoms with Gasteiger partial charge in [0.2, 0.25) is 0 Å². The molecule has 0 spiro atoms. The third-order valence-corrected chi connectivity index (χ3v) is 4.08. The van der Waals surface area contributed by atoms with E-state index in [2.05, 4.69) is 38.9 Å². The van der Waals surface area contributed by atoms with Crippen LogP contribution in [0.2, 0.25) is 0 Å². The Kier molecular flexibility index (Phi) is 4.65. The van der Waals surface area contributed by atoms with E-state index in [1.165, 1.54) is 29.8 Å². The Morgan fingerprint density at radius 3 is 2.90 bits per heavy atom. The van der Waals surface area contributed by atoms with Crippen LogP contribution < -0.4 is 5.32 Å². The molecule has 3 rings (SSSR count). The predicted molar refractivity (Wildman–Crippen MR) is 84.2 cm³/mol. The molecular formula is C17H24N4. The highest BCUT2D eigenvalue weighted by Crippen LogP contribution is 2.20. The average Bonchev–Trinajstić information content (AvgIpc) is 2.93. The van der Waals surface area contributed by atoms with Crippen molar-refractivity contribution < 1.29 is 0 Å². The van der Waals surface area contributed by atoms with Gasteiger partial charge in [-0.15, -0.1) is 0 Å². The Morgan fingerprint density at radius 1 is 1.19 bits per heavy atom. The van der Waals surface area contributed by atoms with Gasteiger partial charge in [-0.25, -0.2) is 4.98 Å². The normalized spacial score (nSPS) is 14.1. The van der Waals surface area contributed by atoms with Gasteiger partial charge in [0.15, 0.2) is 0 Å². The molecule has 0 fully saturated rings. The first-order valence-corrected chi connectivity index (χ1v) is 8.04. The molecule has 0 aromatic carbocycles. The summed E-state index contributed by atoms with van der Waals surface area (Å²) in [5, 5.41) is 3.40. The molecular weight excluding hydrogens is 260 g/mol. The zero-order valence-electron chi connectivity index (χ0n) is 12.8. The van der Waals surface area contributed by atoms with E-state index in [1.807, 2.05) is 12.5 Å². The molecule has 0 saturated heterocycles. The molecule has 2 aromatic heterocycles. The van der Waals surface area contributed by atoms with Gasteiger partial charge in [0.25, 0.3) is 0 Å². The Balaban J connectivity index is 1.64. The van der Waals surface area contributed by atoms with E-state index in [9.17, 15) is 0 Å². The molecule has 0 unspecified atom stereocenters. The summed E-state index contributed by atoms with van der Waals surface area (Å²) in [6, 6.07) is 4.31. The second kappa shape index (κ2) is 6.85. The van der Waals surface area contributed by atoms with Crippen LogP contribution >= 0.6 is 0 Å². The number of imidazole rings is 1. The van der Waals surface area contributed by atoms with Crippen LogP contribution in [0.4, 0.5) is 0 Å². The quantitative estimate of drug-likeness (QED) is 0.829. The SMILES string of the molecule is CCCNCc1ccc(Cn2cnc3c2CCCC3)nc1. The molecule has 0 aliphatic heterocycles. The number of nitrogens with zero attached hydrogens (tertiary/aromatic N) is 3. The molecule has 112 valence electrons. The minimum absolute atomic E-state index is 0.838. The van der Waals surface area contributed by atoms with Crippen LogP contribution in [0.15, 0.2) is 24.7 Å². The average molecular weight is 284 g/mol. The van der Waals surface area contributed by atoms with Crippen molar-refractivity contribution in [3.8, 4) is 0 Å². The van der Waals surface area contributed by atoms with Gasteiger partial charge in [-0.1, -0.05) is 13.0 Å². The fourth-order valence-corrected chi connectivity index (χ4v) is 2.90. The summed E-state index contributed by atoms with van der Waals surface area (Å²) in [4.78, 5) is 9.14. The molecule has 1 aliphatic rings. The molecule has 0 atom stereocenters. The molecule has 0 bridgehead atoms. The van der Waals surface area contributed by atoms with Crippen molar-refractivity contribution >= 4 is 0 Å². The van der Waals surface area contributed by atoms with Gasteiger partial charge < -0.3 is 9.88 Å². The molecule has 1 aliphatic carbocycles. The maximum atomic E-state index is 4.59. The number of pyridine rings is 1. The lowest BCUT2D eigenvalue weighted by molar-refractivity contribution is 0.624. The monoisotopic (exact) mass is 284 g/mol. The van der Waals surface area contributed by atoms with Crippen molar-refractivity contribution in [1.29, 1.82) is 0 Å². The van der Waals surface area contributed by atoms with Gasteiger partial charge in [-0.3, -0.25) is 4.98 Å². The van der Waals surface area contributed by atoms with Gasteiger partial charge in [0, 0.05) is 18.4 Å². The van der Waals surface area contributed by atoms with E-state index < -0.39 is 0 Å². The summed E-state index contributed by atoms with van der Waals surface area (Å²) >= 11 is 0. The second-order valence-electron chi connectivity index (χ2n) is 5.81. The Hall–Kier alpha value is -1.68. The number of nitrogens with one attached hydrogen (secondary N) is 1.